The summed E-state index contributed by atoms with van der Waals surface area (Å²) in [4.78, 5) is 57.7. The van der Waals surface area contributed by atoms with Crippen molar-refractivity contribution >= 4 is 40.0 Å². The molecule has 242 valence electrons. The van der Waals surface area contributed by atoms with Crippen molar-refractivity contribution < 1.29 is 14.4 Å². The minimum atomic E-state index is -0.689. The highest BCUT2D eigenvalue weighted by molar-refractivity contribution is 6.27. The molecule has 5 aromatic rings. The number of hydrogen-bond acceptors (Lipinski definition) is 9. The van der Waals surface area contributed by atoms with E-state index in [9.17, 15) is 14.4 Å². The predicted octanol–water partition coefficient (Wildman–Crippen LogP) is 3.51. The molecule has 1 unspecified atom stereocenters. The van der Waals surface area contributed by atoms with Crippen molar-refractivity contribution in [2.24, 2.45) is 0 Å². The first-order chi connectivity index (χ1) is 23.3. The Hall–Kier alpha value is -5.49. The molecule has 48 heavy (non-hydrogen) atoms. The van der Waals surface area contributed by atoms with Gasteiger partial charge in [0.05, 0.1) is 5.69 Å². The number of carbonyl (C=O) groups is 3. The molecular formula is C36H35N9O3. The SMILES string of the molecule is Cc1nc(N2CCN(Cc3ccc(Cc4ccc5c6c(cccc46)C(=O)N5C4CCC(=O)NC4=O)cc3)CC2)cc(-n2cnc(C)n2)n1. The normalized spacial score (nSPS) is 18.2. The summed E-state index contributed by atoms with van der Waals surface area (Å²) >= 11 is 0. The van der Waals surface area contributed by atoms with E-state index in [4.69, 9.17) is 4.98 Å². The molecule has 2 fully saturated rings. The van der Waals surface area contributed by atoms with Gasteiger partial charge in [-0.05, 0) is 60.9 Å². The molecule has 3 aromatic carbocycles. The van der Waals surface area contributed by atoms with Gasteiger partial charge in [-0.2, -0.15) is 5.10 Å². The molecule has 8 rings (SSSR count). The van der Waals surface area contributed by atoms with Crippen molar-refractivity contribution in [3.8, 4) is 5.82 Å². The monoisotopic (exact) mass is 641 g/mol. The highest BCUT2D eigenvalue weighted by Crippen LogP contribution is 2.41. The van der Waals surface area contributed by atoms with Crippen LogP contribution in [0.3, 0.4) is 0 Å². The number of benzene rings is 3. The van der Waals surface area contributed by atoms with Crippen LogP contribution in [0.1, 0.15) is 51.5 Å². The lowest BCUT2D eigenvalue weighted by atomic mass is 9.95. The molecule has 2 aromatic heterocycles. The topological polar surface area (TPSA) is 129 Å². The summed E-state index contributed by atoms with van der Waals surface area (Å²) in [5, 5.41) is 8.68. The van der Waals surface area contributed by atoms with E-state index >= 15 is 0 Å². The lowest BCUT2D eigenvalue weighted by Crippen LogP contribution is -2.53. The second-order valence-electron chi connectivity index (χ2n) is 12.7. The zero-order valence-electron chi connectivity index (χ0n) is 26.9. The van der Waals surface area contributed by atoms with Crippen LogP contribution in [-0.4, -0.2) is 79.6 Å². The smallest absolute Gasteiger partial charge is 0.259 e. The van der Waals surface area contributed by atoms with Gasteiger partial charge in [-0.15, -0.1) is 0 Å². The number of aromatic nitrogens is 5. The number of nitrogens with zero attached hydrogens (tertiary/aromatic N) is 8. The van der Waals surface area contributed by atoms with Crippen LogP contribution in [0.4, 0.5) is 11.5 Å². The first-order valence-corrected chi connectivity index (χ1v) is 16.3. The number of carbonyl (C=O) groups excluding carboxylic acids is 3. The number of anilines is 2. The molecule has 0 aliphatic carbocycles. The quantitative estimate of drug-likeness (QED) is 0.266. The third kappa shape index (κ3) is 5.47. The standard InChI is InChI=1S/C36H35N9O3/c1-22-37-21-44(41-22)32-19-31(38-23(2)39-32)43-16-14-42(15-17-43)20-25-8-6-24(7-9-25)18-26-10-11-29-34-27(26)4-3-5-28(34)36(48)45(29)30-12-13-33(46)40-35(30)47/h3-11,19,21,30H,12-18,20H2,1-2H3,(H,40,46,47). The third-order valence-electron chi connectivity index (χ3n) is 9.51. The molecule has 3 aliphatic rings. The molecule has 12 nitrogen and oxygen atoms in total. The summed E-state index contributed by atoms with van der Waals surface area (Å²) in [5.74, 6) is 2.14. The Morgan fingerprint density at radius 1 is 0.854 bits per heavy atom. The number of amides is 3. The van der Waals surface area contributed by atoms with Gasteiger partial charge in [0.1, 0.15) is 29.8 Å². The Labute approximate surface area is 277 Å². The van der Waals surface area contributed by atoms with Crippen molar-refractivity contribution in [2.75, 3.05) is 36.0 Å². The van der Waals surface area contributed by atoms with Crippen molar-refractivity contribution in [1.82, 2.24) is 34.9 Å². The van der Waals surface area contributed by atoms with Crippen LogP contribution >= 0.6 is 0 Å². The number of hydrogen-bond donors (Lipinski definition) is 1. The fourth-order valence-corrected chi connectivity index (χ4v) is 7.11. The van der Waals surface area contributed by atoms with E-state index < -0.39 is 11.9 Å². The Kier molecular flexibility index (Phi) is 7.44. The molecule has 3 aliphatic heterocycles. The molecule has 1 atom stereocenters. The minimum absolute atomic E-state index is 0.189. The molecule has 1 N–H and O–H groups in total. The van der Waals surface area contributed by atoms with E-state index in [-0.39, 0.29) is 18.2 Å². The number of rotatable bonds is 7. The molecule has 0 saturated carbocycles. The maximum atomic E-state index is 13.5. The largest absolute Gasteiger partial charge is 0.354 e. The average Bonchev–Trinajstić information content (AvgIpc) is 3.65. The number of nitrogens with one attached hydrogen (secondary N) is 1. The molecule has 0 bridgehead atoms. The number of imide groups is 1. The third-order valence-corrected chi connectivity index (χ3v) is 9.51. The zero-order chi connectivity index (χ0) is 32.9. The average molecular weight is 642 g/mol. The highest BCUT2D eigenvalue weighted by Gasteiger charge is 2.40. The van der Waals surface area contributed by atoms with Gasteiger partial charge in [0.15, 0.2) is 5.82 Å². The summed E-state index contributed by atoms with van der Waals surface area (Å²) in [6.07, 6.45) is 2.94. The van der Waals surface area contributed by atoms with Gasteiger partial charge in [0.25, 0.3) is 5.91 Å². The number of aryl methyl sites for hydroxylation is 2. The van der Waals surface area contributed by atoms with Crippen molar-refractivity contribution in [1.29, 1.82) is 0 Å². The first-order valence-electron chi connectivity index (χ1n) is 16.3. The maximum absolute atomic E-state index is 13.5. The highest BCUT2D eigenvalue weighted by atomic mass is 16.2. The number of piperazine rings is 1. The fraction of sp³-hybridized carbons (Fsp3) is 0.306. The van der Waals surface area contributed by atoms with Crippen LogP contribution < -0.4 is 15.1 Å². The minimum Gasteiger partial charge on any atom is -0.354 e. The molecule has 0 spiro atoms. The Bertz CT molecular complexity index is 2080. The van der Waals surface area contributed by atoms with E-state index in [0.29, 0.717) is 23.6 Å². The summed E-state index contributed by atoms with van der Waals surface area (Å²) < 4.78 is 1.69. The first kappa shape index (κ1) is 29.9. The van der Waals surface area contributed by atoms with E-state index in [1.807, 2.05) is 44.2 Å². The lowest BCUT2D eigenvalue weighted by Gasteiger charge is -2.35. The van der Waals surface area contributed by atoms with Crippen molar-refractivity contribution in [3.05, 3.63) is 101 Å². The summed E-state index contributed by atoms with van der Waals surface area (Å²) in [7, 11) is 0. The molecule has 5 heterocycles. The second-order valence-corrected chi connectivity index (χ2v) is 12.7. The Morgan fingerprint density at radius 3 is 2.38 bits per heavy atom. The second kappa shape index (κ2) is 11.9. The van der Waals surface area contributed by atoms with Gasteiger partial charge >= 0.3 is 0 Å². The summed E-state index contributed by atoms with van der Waals surface area (Å²) in [6, 6.07) is 19.9. The summed E-state index contributed by atoms with van der Waals surface area (Å²) in [6.45, 7) is 8.24. The maximum Gasteiger partial charge on any atom is 0.259 e. The lowest BCUT2D eigenvalue weighted by molar-refractivity contribution is -0.134. The van der Waals surface area contributed by atoms with Crippen LogP contribution in [0.25, 0.3) is 16.6 Å². The van der Waals surface area contributed by atoms with E-state index in [1.54, 1.807) is 15.9 Å². The van der Waals surface area contributed by atoms with Gasteiger partial charge in [0.2, 0.25) is 11.8 Å². The van der Waals surface area contributed by atoms with Gasteiger partial charge in [-0.3, -0.25) is 29.5 Å². The Balaban J connectivity index is 0.928. The zero-order valence-corrected chi connectivity index (χ0v) is 26.9. The molecular weight excluding hydrogens is 606 g/mol. The van der Waals surface area contributed by atoms with E-state index in [1.165, 1.54) is 11.1 Å². The van der Waals surface area contributed by atoms with Crippen LogP contribution in [0.2, 0.25) is 0 Å². The van der Waals surface area contributed by atoms with Gasteiger partial charge in [-0.25, -0.2) is 19.6 Å². The van der Waals surface area contributed by atoms with E-state index in [2.05, 4.69) is 60.5 Å². The van der Waals surface area contributed by atoms with Gasteiger partial charge in [0, 0.05) is 56.2 Å². The predicted molar refractivity (Wildman–Crippen MR) is 180 cm³/mol. The summed E-state index contributed by atoms with van der Waals surface area (Å²) in [5.41, 5.74) is 4.91. The van der Waals surface area contributed by atoms with Crippen LogP contribution in [0.15, 0.2) is 67.0 Å². The van der Waals surface area contributed by atoms with Crippen molar-refractivity contribution in [2.45, 2.75) is 45.7 Å². The van der Waals surface area contributed by atoms with Gasteiger partial charge in [-0.1, -0.05) is 42.5 Å². The van der Waals surface area contributed by atoms with Gasteiger partial charge < -0.3 is 4.90 Å². The number of piperidine rings is 1. The molecule has 3 amide bonds. The molecule has 12 heteroatoms. The van der Waals surface area contributed by atoms with Crippen molar-refractivity contribution in [3.63, 3.8) is 0 Å². The fourth-order valence-electron chi connectivity index (χ4n) is 7.11. The molecule has 0 radical (unpaired) electrons. The van der Waals surface area contributed by atoms with Crippen LogP contribution in [0.5, 0.6) is 0 Å². The molecule has 2 saturated heterocycles. The van der Waals surface area contributed by atoms with E-state index in [0.717, 1.165) is 72.8 Å². The van der Waals surface area contributed by atoms with Crippen LogP contribution in [-0.2, 0) is 22.6 Å². The van der Waals surface area contributed by atoms with Crippen LogP contribution in [0, 0.1) is 13.8 Å². The Morgan fingerprint density at radius 2 is 1.62 bits per heavy atom.